The highest BCUT2D eigenvalue weighted by molar-refractivity contribution is 6.15. The van der Waals surface area contributed by atoms with E-state index in [1.165, 1.54) is 22.5 Å². The van der Waals surface area contributed by atoms with E-state index in [1.807, 2.05) is 30.5 Å². The van der Waals surface area contributed by atoms with Crippen LogP contribution >= 0.6 is 0 Å². The minimum atomic E-state index is -2.32. The molecule has 0 radical (unpaired) electrons. The number of hydrogen-bond acceptors (Lipinski definition) is 3. The number of nitrogens with zero attached hydrogens (tertiary/aromatic N) is 4. The highest BCUT2D eigenvalue weighted by Gasteiger charge is 2.52. The zero-order valence-corrected chi connectivity index (χ0v) is 33.2. The van der Waals surface area contributed by atoms with Gasteiger partial charge < -0.3 is 4.74 Å². The van der Waals surface area contributed by atoms with Crippen LogP contribution in [-0.4, -0.2) is 19.2 Å². The van der Waals surface area contributed by atoms with Gasteiger partial charge in [0, 0.05) is 53.7 Å². The van der Waals surface area contributed by atoms with Gasteiger partial charge >= 0.3 is 0 Å². The van der Waals surface area contributed by atoms with Crippen LogP contribution in [0.25, 0.3) is 55.4 Å². The SMILES string of the molecule is [2H]C([2H])([2H])c1ccc2c3c1c1ccc(Oc4ccc5c(c4)-n4ncc(-c6ccccc6)c4C(C)(C)C5(C)C)cc1c1nc4c(n13)C(C)(CCCc1ccccc1-4)C2(C)C. The largest absolute Gasteiger partial charge is 0.457 e. The lowest BCUT2D eigenvalue weighted by Gasteiger charge is -2.49. The van der Waals surface area contributed by atoms with E-state index in [0.717, 1.165) is 80.2 Å². The molecule has 1 atom stereocenters. The van der Waals surface area contributed by atoms with Gasteiger partial charge in [0.15, 0.2) is 0 Å². The predicted molar refractivity (Wildman–Crippen MR) is 229 cm³/mol. The Labute approximate surface area is 333 Å². The standard InChI is InChI=1S/C51H48N4O/c1-30-20-24-40-44-42(30)36-23-21-33(27-37(36)47-53-43-35-19-13-12-17-31(35)18-14-26-51(8,49(40,4)5)46(43)54(44)47)56-34-22-25-39-41(28-34)55-45(50(6,7)48(39,2)3)38(29-52-55)32-15-10-9-11-16-32/h9-13,15-17,19-25,27-29H,14,18,26H2,1-8H3/i1D3. The summed E-state index contributed by atoms with van der Waals surface area (Å²) in [6.45, 7) is 14.0. The normalized spacial score (nSPS) is 20.7. The maximum atomic E-state index is 8.77. The van der Waals surface area contributed by atoms with E-state index in [4.69, 9.17) is 18.9 Å². The second-order valence-corrected chi connectivity index (χ2v) is 18.2. The number of aromatic nitrogens is 4. The third-order valence-electron chi connectivity index (χ3n) is 14.9. The van der Waals surface area contributed by atoms with E-state index in [9.17, 15) is 0 Å². The summed E-state index contributed by atoms with van der Waals surface area (Å²) >= 11 is 0. The fourth-order valence-electron chi connectivity index (χ4n) is 10.7. The zero-order chi connectivity index (χ0) is 41.0. The molecule has 0 N–H and O–H groups in total. The quantitative estimate of drug-likeness (QED) is 0.170. The van der Waals surface area contributed by atoms with Gasteiger partial charge in [-0.25, -0.2) is 9.67 Å². The van der Waals surface area contributed by atoms with E-state index in [0.29, 0.717) is 17.1 Å². The second kappa shape index (κ2) is 11.0. The van der Waals surface area contributed by atoms with Crippen molar-refractivity contribution >= 4 is 27.3 Å². The minimum absolute atomic E-state index is 0.209. The van der Waals surface area contributed by atoms with Crippen LogP contribution in [0.1, 0.15) is 99.1 Å². The first-order chi connectivity index (χ1) is 28.0. The van der Waals surface area contributed by atoms with Crippen LogP contribution in [0.5, 0.6) is 11.5 Å². The molecule has 0 fully saturated rings. The first-order valence-electron chi connectivity index (χ1n) is 21.6. The Morgan fingerprint density at radius 3 is 2.27 bits per heavy atom. The van der Waals surface area contributed by atoms with E-state index in [-0.39, 0.29) is 21.7 Å². The number of pyridine rings is 1. The monoisotopic (exact) mass is 735 g/mol. The molecule has 2 aliphatic heterocycles. The van der Waals surface area contributed by atoms with Crippen LogP contribution in [0.4, 0.5) is 0 Å². The van der Waals surface area contributed by atoms with Crippen molar-refractivity contribution in [3.63, 3.8) is 0 Å². The Bertz CT molecular complexity index is 3090. The molecule has 3 aromatic heterocycles. The predicted octanol–water partition coefficient (Wildman–Crippen LogP) is 12.7. The van der Waals surface area contributed by atoms with Crippen LogP contribution in [0, 0.1) is 6.85 Å². The molecule has 5 heteroatoms. The molecule has 0 bridgehead atoms. The van der Waals surface area contributed by atoms with Crippen molar-refractivity contribution in [2.24, 2.45) is 0 Å². The summed E-state index contributed by atoms with van der Waals surface area (Å²) in [6, 6.07) is 35.6. The molecule has 8 aromatic rings. The Morgan fingerprint density at radius 2 is 1.45 bits per heavy atom. The maximum Gasteiger partial charge on any atom is 0.146 e. The van der Waals surface area contributed by atoms with Crippen LogP contribution in [0.3, 0.4) is 0 Å². The summed E-state index contributed by atoms with van der Waals surface area (Å²) < 4.78 is 37.6. The number of benzene rings is 5. The number of imidazole rings is 1. The fraction of sp³-hybridized carbons (Fsp3) is 0.294. The van der Waals surface area contributed by atoms with E-state index in [1.54, 1.807) is 0 Å². The van der Waals surface area contributed by atoms with Crippen LogP contribution in [0.2, 0.25) is 0 Å². The second-order valence-electron chi connectivity index (χ2n) is 18.2. The molecule has 0 saturated heterocycles. The van der Waals surface area contributed by atoms with Gasteiger partial charge in [-0.1, -0.05) is 121 Å². The van der Waals surface area contributed by atoms with Gasteiger partial charge in [-0.2, -0.15) is 5.10 Å². The van der Waals surface area contributed by atoms with Crippen LogP contribution in [-0.2, 0) is 28.1 Å². The number of hydrogen-bond donors (Lipinski definition) is 0. The van der Waals surface area contributed by atoms with Crippen molar-refractivity contribution in [2.75, 3.05) is 0 Å². The first kappa shape index (κ1) is 30.5. The zero-order valence-electron chi connectivity index (χ0n) is 36.2. The topological polar surface area (TPSA) is 44.3 Å². The molecule has 1 aliphatic carbocycles. The van der Waals surface area contributed by atoms with Gasteiger partial charge in [-0.15, -0.1) is 0 Å². The molecule has 0 spiro atoms. The van der Waals surface area contributed by atoms with Crippen molar-refractivity contribution in [3.05, 3.63) is 143 Å². The van der Waals surface area contributed by atoms with Crippen molar-refractivity contribution in [1.82, 2.24) is 19.2 Å². The molecule has 1 unspecified atom stereocenters. The summed E-state index contributed by atoms with van der Waals surface area (Å²) in [7, 11) is 0. The van der Waals surface area contributed by atoms with Crippen molar-refractivity contribution in [3.8, 4) is 39.6 Å². The number of ether oxygens (including phenoxy) is 1. The lowest BCUT2D eigenvalue weighted by molar-refractivity contribution is 0.239. The van der Waals surface area contributed by atoms with Crippen molar-refractivity contribution in [1.29, 1.82) is 0 Å². The molecule has 5 heterocycles. The highest BCUT2D eigenvalue weighted by Crippen LogP contribution is 2.58. The van der Waals surface area contributed by atoms with E-state index < -0.39 is 6.85 Å². The molecule has 56 heavy (non-hydrogen) atoms. The fourth-order valence-corrected chi connectivity index (χ4v) is 10.7. The van der Waals surface area contributed by atoms with Crippen molar-refractivity contribution in [2.45, 2.75) is 96.2 Å². The molecule has 0 amide bonds. The average molecular weight is 736 g/mol. The number of fused-ring (bicyclic) bond motifs is 8. The Balaban J connectivity index is 1.15. The highest BCUT2D eigenvalue weighted by atomic mass is 16.5. The molecule has 5 aromatic carbocycles. The summed E-state index contributed by atoms with van der Waals surface area (Å²) in [5.41, 5.74) is 12.6. The minimum Gasteiger partial charge on any atom is -0.457 e. The molecule has 0 saturated carbocycles. The molecule has 5 nitrogen and oxygen atoms in total. The van der Waals surface area contributed by atoms with Gasteiger partial charge in [0.05, 0.1) is 34.5 Å². The Kier molecular flexibility index (Phi) is 6.00. The van der Waals surface area contributed by atoms with Gasteiger partial charge in [-0.05, 0) is 83.6 Å². The van der Waals surface area contributed by atoms with E-state index >= 15 is 0 Å². The first-order valence-corrected chi connectivity index (χ1v) is 20.1. The molecule has 3 aliphatic rings. The van der Waals surface area contributed by atoms with E-state index in [2.05, 4.69) is 136 Å². The van der Waals surface area contributed by atoms with Crippen LogP contribution < -0.4 is 4.74 Å². The summed E-state index contributed by atoms with van der Waals surface area (Å²) in [6.07, 6.45) is 5.01. The third kappa shape index (κ3) is 4.11. The van der Waals surface area contributed by atoms with Gasteiger partial charge in [0.1, 0.15) is 17.1 Å². The van der Waals surface area contributed by atoms with Gasteiger partial charge in [0.25, 0.3) is 0 Å². The van der Waals surface area contributed by atoms with Crippen molar-refractivity contribution < 1.29 is 8.85 Å². The molecule has 11 rings (SSSR count). The molecular weight excluding hydrogens is 685 g/mol. The van der Waals surface area contributed by atoms with Crippen LogP contribution in [0.15, 0.2) is 109 Å². The van der Waals surface area contributed by atoms with Gasteiger partial charge in [0.2, 0.25) is 0 Å². The number of aryl methyl sites for hydroxylation is 2. The molecule has 278 valence electrons. The maximum absolute atomic E-state index is 8.77. The lowest BCUT2D eigenvalue weighted by Crippen LogP contribution is -2.47. The average Bonchev–Trinajstić information content (AvgIpc) is 3.84. The summed E-state index contributed by atoms with van der Waals surface area (Å²) in [5.74, 6) is 1.35. The third-order valence-corrected chi connectivity index (χ3v) is 14.9. The summed E-state index contributed by atoms with van der Waals surface area (Å²) in [4.78, 5) is 5.60. The smallest absolute Gasteiger partial charge is 0.146 e. The molecular formula is C51H48N4O. The van der Waals surface area contributed by atoms with Gasteiger partial charge in [-0.3, -0.25) is 4.40 Å². The Morgan fingerprint density at radius 1 is 0.696 bits per heavy atom. The summed E-state index contributed by atoms with van der Waals surface area (Å²) in [5, 5.41) is 7.50. The Hall–Kier alpha value is -5.68. The number of rotatable bonds is 3. The lowest BCUT2D eigenvalue weighted by atomic mass is 9.56.